The number of para-hydroxylation sites is 2. The van der Waals surface area contributed by atoms with Gasteiger partial charge in [-0.05, 0) is 55.5 Å². The molecule has 0 saturated heterocycles. The molecule has 2 aromatic heterocycles. The van der Waals surface area contributed by atoms with E-state index < -0.39 is 0 Å². The highest BCUT2D eigenvalue weighted by Crippen LogP contribution is 2.27. The molecule has 172 valence electrons. The number of anilines is 6. The van der Waals surface area contributed by atoms with Gasteiger partial charge in [-0.2, -0.15) is 4.98 Å². The summed E-state index contributed by atoms with van der Waals surface area (Å²) in [6.45, 7) is 1.85. The Labute approximate surface area is 202 Å². The number of carbonyl (C=O) groups is 1. The maximum Gasteiger partial charge on any atom is 0.257 e. The van der Waals surface area contributed by atoms with Gasteiger partial charge >= 0.3 is 0 Å². The molecule has 0 aliphatic carbocycles. The highest BCUT2D eigenvalue weighted by molar-refractivity contribution is 6.09. The number of amides is 1. The summed E-state index contributed by atoms with van der Waals surface area (Å²) in [6.07, 6.45) is 1.75. The molecule has 0 aliphatic rings. The van der Waals surface area contributed by atoms with Crippen molar-refractivity contribution in [3.63, 3.8) is 0 Å². The van der Waals surface area contributed by atoms with Crippen LogP contribution in [0.5, 0.6) is 0 Å². The van der Waals surface area contributed by atoms with Crippen LogP contribution in [-0.4, -0.2) is 20.9 Å². The average molecular weight is 462 g/mol. The zero-order valence-corrected chi connectivity index (χ0v) is 19.0. The standard InChI is InChI=1S/C27H23N7O/c1-17-16-25(34-27(28)30-17)31-18-10-12-19(13-11-18)32-26(35)21-7-3-5-9-23(21)33-24-14-15-29-22-8-4-2-6-20(22)24/h2-16H,1H3,(H,29,33)(H,32,35)(H3,28,30,31,34). The fraction of sp³-hybridized carbons (Fsp3) is 0.0370. The number of nitrogens with zero attached hydrogens (tertiary/aromatic N) is 3. The summed E-state index contributed by atoms with van der Waals surface area (Å²) >= 11 is 0. The molecule has 5 rings (SSSR count). The molecule has 0 fully saturated rings. The molecule has 5 aromatic rings. The summed E-state index contributed by atoms with van der Waals surface area (Å²) in [5, 5.41) is 10.5. The largest absolute Gasteiger partial charge is 0.368 e. The van der Waals surface area contributed by atoms with Crippen molar-refractivity contribution in [1.82, 2.24) is 15.0 Å². The summed E-state index contributed by atoms with van der Waals surface area (Å²) in [5.74, 6) is 0.602. The molecule has 0 spiro atoms. The van der Waals surface area contributed by atoms with Crippen LogP contribution in [-0.2, 0) is 0 Å². The molecule has 0 atom stereocenters. The van der Waals surface area contributed by atoms with Gasteiger partial charge in [-0.25, -0.2) is 4.98 Å². The first-order valence-electron chi connectivity index (χ1n) is 11.0. The molecule has 0 aliphatic heterocycles. The molecule has 35 heavy (non-hydrogen) atoms. The van der Waals surface area contributed by atoms with Gasteiger partial charge in [0.25, 0.3) is 5.91 Å². The van der Waals surface area contributed by atoms with Crippen molar-refractivity contribution in [1.29, 1.82) is 0 Å². The van der Waals surface area contributed by atoms with E-state index >= 15 is 0 Å². The van der Waals surface area contributed by atoms with Gasteiger partial charge in [0.2, 0.25) is 5.95 Å². The molecule has 3 aromatic carbocycles. The Morgan fingerprint density at radius 1 is 0.800 bits per heavy atom. The topological polar surface area (TPSA) is 118 Å². The molecule has 0 unspecified atom stereocenters. The van der Waals surface area contributed by atoms with Crippen molar-refractivity contribution in [2.45, 2.75) is 6.92 Å². The number of nitrogens with two attached hydrogens (primary N) is 1. The summed E-state index contributed by atoms with van der Waals surface area (Å²) < 4.78 is 0. The van der Waals surface area contributed by atoms with Gasteiger partial charge in [-0.3, -0.25) is 9.78 Å². The molecule has 5 N–H and O–H groups in total. The number of nitrogens with one attached hydrogen (secondary N) is 3. The minimum atomic E-state index is -0.216. The van der Waals surface area contributed by atoms with Crippen molar-refractivity contribution in [3.8, 4) is 0 Å². The maximum absolute atomic E-state index is 13.1. The molecule has 0 saturated carbocycles. The van der Waals surface area contributed by atoms with Crippen LogP contribution in [0.15, 0.2) is 91.1 Å². The van der Waals surface area contributed by atoms with Crippen molar-refractivity contribution in [2.24, 2.45) is 0 Å². The van der Waals surface area contributed by atoms with Crippen LogP contribution in [0.4, 0.5) is 34.5 Å². The Bertz CT molecular complexity index is 1490. The van der Waals surface area contributed by atoms with Gasteiger partial charge in [-0.1, -0.05) is 30.3 Å². The number of aryl methyl sites for hydroxylation is 1. The number of nitrogen functional groups attached to an aromatic ring is 1. The highest BCUT2D eigenvalue weighted by atomic mass is 16.1. The summed E-state index contributed by atoms with van der Waals surface area (Å²) in [4.78, 5) is 25.8. The monoisotopic (exact) mass is 461 g/mol. The zero-order chi connectivity index (χ0) is 24.2. The first-order chi connectivity index (χ1) is 17.0. The molecule has 0 bridgehead atoms. The second kappa shape index (κ2) is 9.48. The van der Waals surface area contributed by atoms with Crippen LogP contribution in [0.2, 0.25) is 0 Å². The van der Waals surface area contributed by atoms with Gasteiger partial charge in [-0.15, -0.1) is 0 Å². The van der Waals surface area contributed by atoms with Crippen LogP contribution in [0, 0.1) is 6.92 Å². The van der Waals surface area contributed by atoms with E-state index in [1.807, 2.05) is 85.8 Å². The van der Waals surface area contributed by atoms with Crippen molar-refractivity contribution in [3.05, 3.63) is 102 Å². The lowest BCUT2D eigenvalue weighted by Crippen LogP contribution is -2.14. The van der Waals surface area contributed by atoms with Gasteiger partial charge in [0.05, 0.1) is 16.8 Å². The van der Waals surface area contributed by atoms with E-state index in [-0.39, 0.29) is 11.9 Å². The molecule has 8 nitrogen and oxygen atoms in total. The third kappa shape index (κ3) is 5.01. The van der Waals surface area contributed by atoms with Gasteiger partial charge < -0.3 is 21.7 Å². The van der Waals surface area contributed by atoms with E-state index in [0.717, 1.165) is 28.0 Å². The van der Waals surface area contributed by atoms with E-state index in [9.17, 15) is 4.79 Å². The minimum Gasteiger partial charge on any atom is -0.368 e. The van der Waals surface area contributed by atoms with Crippen LogP contribution < -0.4 is 21.7 Å². The van der Waals surface area contributed by atoms with E-state index in [4.69, 9.17) is 5.73 Å². The van der Waals surface area contributed by atoms with Gasteiger partial charge in [0.15, 0.2) is 0 Å². The summed E-state index contributed by atoms with van der Waals surface area (Å²) in [5.41, 5.74) is 11.0. The lowest BCUT2D eigenvalue weighted by Gasteiger charge is -2.14. The third-order valence-corrected chi connectivity index (χ3v) is 5.38. The van der Waals surface area contributed by atoms with Gasteiger partial charge in [0, 0.05) is 40.4 Å². The Hall–Kier alpha value is -4.98. The second-order valence-electron chi connectivity index (χ2n) is 7.96. The van der Waals surface area contributed by atoms with Crippen LogP contribution in [0.25, 0.3) is 10.9 Å². The summed E-state index contributed by atoms with van der Waals surface area (Å²) in [6, 6.07) is 26.3. The molecule has 2 heterocycles. The van der Waals surface area contributed by atoms with Gasteiger partial charge in [0.1, 0.15) is 5.82 Å². The SMILES string of the molecule is Cc1cc(Nc2ccc(NC(=O)c3ccccc3Nc3ccnc4ccccc34)cc2)nc(N)n1. The first-order valence-corrected chi connectivity index (χ1v) is 11.0. The predicted octanol–water partition coefficient (Wildman–Crippen LogP) is 5.65. The first kappa shape index (κ1) is 21.8. The molecule has 8 heteroatoms. The minimum absolute atomic E-state index is 0.212. The maximum atomic E-state index is 13.1. The second-order valence-corrected chi connectivity index (χ2v) is 7.96. The lowest BCUT2D eigenvalue weighted by molar-refractivity contribution is 0.102. The summed E-state index contributed by atoms with van der Waals surface area (Å²) in [7, 11) is 0. The van der Waals surface area contributed by atoms with Crippen molar-refractivity contribution >= 4 is 51.3 Å². The Kier molecular flexibility index (Phi) is 5.92. The molecule has 0 radical (unpaired) electrons. The number of fused-ring (bicyclic) bond motifs is 1. The number of rotatable bonds is 6. The van der Waals surface area contributed by atoms with E-state index in [2.05, 4.69) is 30.9 Å². The third-order valence-electron chi connectivity index (χ3n) is 5.38. The fourth-order valence-electron chi connectivity index (χ4n) is 3.78. The number of hydrogen-bond donors (Lipinski definition) is 4. The molecule has 1 amide bonds. The van der Waals surface area contributed by atoms with E-state index in [1.165, 1.54) is 0 Å². The number of aromatic nitrogens is 3. The zero-order valence-electron chi connectivity index (χ0n) is 19.0. The molecular weight excluding hydrogens is 438 g/mol. The van der Waals surface area contributed by atoms with Crippen molar-refractivity contribution < 1.29 is 4.79 Å². The smallest absolute Gasteiger partial charge is 0.257 e. The van der Waals surface area contributed by atoms with E-state index in [0.29, 0.717) is 22.8 Å². The number of hydrogen-bond acceptors (Lipinski definition) is 7. The van der Waals surface area contributed by atoms with Crippen LogP contribution >= 0.6 is 0 Å². The Morgan fingerprint density at radius 3 is 2.37 bits per heavy atom. The normalized spacial score (nSPS) is 10.7. The Morgan fingerprint density at radius 2 is 1.54 bits per heavy atom. The van der Waals surface area contributed by atoms with Crippen LogP contribution in [0.1, 0.15) is 16.1 Å². The quantitative estimate of drug-likeness (QED) is 0.258. The highest BCUT2D eigenvalue weighted by Gasteiger charge is 2.13. The number of benzene rings is 3. The lowest BCUT2D eigenvalue weighted by atomic mass is 10.1. The Balaban J connectivity index is 1.32. The number of carbonyl (C=O) groups excluding carboxylic acids is 1. The van der Waals surface area contributed by atoms with Crippen molar-refractivity contribution in [2.75, 3.05) is 21.7 Å². The molecular formula is C27H23N7O. The number of pyridine rings is 1. The average Bonchev–Trinajstić information content (AvgIpc) is 2.85. The van der Waals surface area contributed by atoms with E-state index in [1.54, 1.807) is 12.3 Å². The fourth-order valence-corrected chi connectivity index (χ4v) is 3.78. The van der Waals surface area contributed by atoms with Crippen LogP contribution in [0.3, 0.4) is 0 Å². The predicted molar refractivity (Wildman–Crippen MR) is 140 cm³/mol.